The van der Waals surface area contributed by atoms with Gasteiger partial charge in [-0.25, -0.2) is 4.98 Å². The molecular formula is C8H8BrNO2S. The molecule has 0 aliphatic carbocycles. The molecule has 0 bridgehead atoms. The Hall–Kier alpha value is -0.260. The van der Waals surface area contributed by atoms with Crippen LogP contribution in [0.3, 0.4) is 0 Å². The third-order valence-corrected chi connectivity index (χ3v) is 3.55. The van der Waals surface area contributed by atoms with E-state index in [-0.39, 0.29) is 11.7 Å². The number of hydrogen-bond acceptors (Lipinski definition) is 4. The second kappa shape index (κ2) is 3.86. The Kier molecular flexibility index (Phi) is 2.76. The minimum absolute atomic E-state index is 0.0260. The molecule has 3 nitrogen and oxygen atoms in total. The van der Waals surface area contributed by atoms with Crippen LogP contribution in [0, 0.1) is 5.92 Å². The van der Waals surface area contributed by atoms with Crippen molar-refractivity contribution in [2.45, 2.75) is 6.42 Å². The number of ether oxygens (including phenoxy) is 1. The van der Waals surface area contributed by atoms with Gasteiger partial charge in [-0.3, -0.25) is 4.79 Å². The fourth-order valence-corrected chi connectivity index (χ4v) is 2.55. The summed E-state index contributed by atoms with van der Waals surface area (Å²) < 4.78 is 5.89. The second-order valence-corrected chi connectivity index (χ2v) is 4.57. The Labute approximate surface area is 88.3 Å². The van der Waals surface area contributed by atoms with Crippen LogP contribution >= 0.6 is 27.3 Å². The molecular weight excluding hydrogens is 254 g/mol. The number of ketones is 1. The monoisotopic (exact) mass is 261 g/mol. The first kappa shape index (κ1) is 9.30. The molecule has 13 heavy (non-hydrogen) atoms. The van der Waals surface area contributed by atoms with Gasteiger partial charge in [-0.15, -0.1) is 11.3 Å². The van der Waals surface area contributed by atoms with Crippen LogP contribution < -0.4 is 0 Å². The van der Waals surface area contributed by atoms with E-state index in [0.29, 0.717) is 18.2 Å². The molecule has 1 aliphatic heterocycles. The first-order valence-corrected chi connectivity index (χ1v) is 5.67. The van der Waals surface area contributed by atoms with E-state index >= 15 is 0 Å². The molecule has 0 saturated carbocycles. The molecule has 70 valence electrons. The summed E-state index contributed by atoms with van der Waals surface area (Å²) in [6, 6.07) is 0. The van der Waals surface area contributed by atoms with Crippen molar-refractivity contribution >= 4 is 33.0 Å². The van der Waals surface area contributed by atoms with Gasteiger partial charge in [0.05, 0.1) is 12.5 Å². The Balaban J connectivity index is 2.12. The van der Waals surface area contributed by atoms with Crippen LogP contribution in [0.25, 0.3) is 0 Å². The van der Waals surface area contributed by atoms with Crippen LogP contribution in [0.4, 0.5) is 0 Å². The number of nitrogens with zero attached hydrogens (tertiary/aromatic N) is 1. The van der Waals surface area contributed by atoms with Gasteiger partial charge >= 0.3 is 0 Å². The van der Waals surface area contributed by atoms with Gasteiger partial charge in [-0.1, -0.05) is 0 Å². The van der Waals surface area contributed by atoms with Crippen molar-refractivity contribution < 1.29 is 9.53 Å². The van der Waals surface area contributed by atoms with E-state index in [2.05, 4.69) is 20.9 Å². The van der Waals surface area contributed by atoms with Gasteiger partial charge in [0.1, 0.15) is 4.60 Å². The van der Waals surface area contributed by atoms with Crippen molar-refractivity contribution in [2.24, 2.45) is 5.92 Å². The summed E-state index contributed by atoms with van der Waals surface area (Å²) in [5.74, 6) is 0.145. The van der Waals surface area contributed by atoms with Crippen LogP contribution in [0.2, 0.25) is 0 Å². The first-order valence-electron chi connectivity index (χ1n) is 4.00. The highest BCUT2D eigenvalue weighted by Crippen LogP contribution is 2.22. The average Bonchev–Trinajstić information content (AvgIpc) is 2.72. The molecule has 0 N–H and O–H groups in total. The lowest BCUT2D eigenvalue weighted by Gasteiger charge is -2.01. The molecule has 0 spiro atoms. The largest absolute Gasteiger partial charge is 0.381 e. The van der Waals surface area contributed by atoms with E-state index in [0.717, 1.165) is 11.0 Å². The summed E-state index contributed by atoms with van der Waals surface area (Å²) in [5, 5.41) is 2.41. The Morgan fingerprint density at radius 1 is 1.77 bits per heavy atom. The number of halogens is 1. The molecule has 1 atom stereocenters. The highest BCUT2D eigenvalue weighted by molar-refractivity contribution is 9.10. The molecule has 2 heterocycles. The summed E-state index contributed by atoms with van der Waals surface area (Å²) in [6.07, 6.45) is 0.829. The maximum atomic E-state index is 11.7. The number of thiazole rings is 1. The quantitative estimate of drug-likeness (QED) is 0.766. The number of carbonyl (C=O) groups is 1. The van der Waals surface area contributed by atoms with Crippen molar-refractivity contribution in [2.75, 3.05) is 13.2 Å². The number of hydrogen-bond donors (Lipinski definition) is 0. The molecule has 1 aromatic rings. The van der Waals surface area contributed by atoms with Gasteiger partial charge in [0.2, 0.25) is 0 Å². The molecule has 1 unspecified atom stereocenters. The summed E-state index contributed by atoms with van der Waals surface area (Å²) in [6.45, 7) is 1.25. The Bertz CT molecular complexity index is 320. The maximum absolute atomic E-state index is 11.7. The van der Waals surface area contributed by atoms with Crippen LogP contribution in [0.5, 0.6) is 0 Å². The molecule has 0 radical (unpaired) electrons. The zero-order valence-corrected chi connectivity index (χ0v) is 9.23. The van der Waals surface area contributed by atoms with Crippen molar-refractivity contribution in [3.63, 3.8) is 0 Å². The molecule has 1 aromatic heterocycles. The van der Waals surface area contributed by atoms with Gasteiger partial charge in [0.25, 0.3) is 0 Å². The molecule has 0 aromatic carbocycles. The van der Waals surface area contributed by atoms with E-state index < -0.39 is 0 Å². The van der Waals surface area contributed by atoms with Crippen LogP contribution in [0.15, 0.2) is 9.98 Å². The van der Waals surface area contributed by atoms with E-state index in [1.807, 2.05) is 5.38 Å². The normalized spacial score (nSPS) is 22.1. The summed E-state index contributed by atoms with van der Waals surface area (Å²) in [7, 11) is 0. The fraction of sp³-hybridized carbons (Fsp3) is 0.500. The first-order chi connectivity index (χ1) is 6.27. The van der Waals surface area contributed by atoms with Gasteiger partial charge < -0.3 is 4.74 Å². The zero-order chi connectivity index (χ0) is 9.26. The molecule has 1 aliphatic rings. The summed E-state index contributed by atoms with van der Waals surface area (Å²) >= 11 is 4.61. The van der Waals surface area contributed by atoms with E-state index in [4.69, 9.17) is 4.74 Å². The van der Waals surface area contributed by atoms with Gasteiger partial charge in [0, 0.05) is 12.0 Å². The molecule has 5 heteroatoms. The fourth-order valence-electron chi connectivity index (χ4n) is 1.28. The van der Waals surface area contributed by atoms with Crippen molar-refractivity contribution in [1.29, 1.82) is 0 Å². The number of aromatic nitrogens is 1. The third kappa shape index (κ3) is 1.98. The van der Waals surface area contributed by atoms with Crippen molar-refractivity contribution in [1.82, 2.24) is 4.98 Å². The predicted octanol–water partition coefficient (Wildman–Crippen LogP) is 2.12. The third-order valence-electron chi connectivity index (χ3n) is 1.99. The van der Waals surface area contributed by atoms with E-state index in [1.165, 1.54) is 11.3 Å². The number of carbonyl (C=O) groups excluding carboxylic acids is 1. The molecule has 1 fully saturated rings. The highest BCUT2D eigenvalue weighted by atomic mass is 79.9. The predicted molar refractivity (Wildman–Crippen MR) is 53.1 cm³/mol. The number of rotatable bonds is 2. The highest BCUT2D eigenvalue weighted by Gasteiger charge is 2.26. The smallest absolute Gasteiger partial charge is 0.196 e. The lowest BCUT2D eigenvalue weighted by molar-refractivity contribution is 0.0900. The van der Waals surface area contributed by atoms with Gasteiger partial charge in [-0.05, 0) is 22.4 Å². The summed E-state index contributed by atoms with van der Waals surface area (Å²) in [4.78, 5) is 15.8. The minimum Gasteiger partial charge on any atom is -0.381 e. The maximum Gasteiger partial charge on any atom is 0.196 e. The van der Waals surface area contributed by atoms with Gasteiger partial charge in [-0.2, -0.15) is 0 Å². The van der Waals surface area contributed by atoms with Crippen molar-refractivity contribution in [3.8, 4) is 0 Å². The molecule has 0 amide bonds. The van der Waals surface area contributed by atoms with Crippen molar-refractivity contribution in [3.05, 3.63) is 15.0 Å². The molecule has 1 saturated heterocycles. The zero-order valence-electron chi connectivity index (χ0n) is 6.83. The topological polar surface area (TPSA) is 39.2 Å². The van der Waals surface area contributed by atoms with Crippen LogP contribution in [-0.4, -0.2) is 24.0 Å². The lowest BCUT2D eigenvalue weighted by Crippen LogP contribution is -2.14. The Morgan fingerprint density at radius 2 is 2.62 bits per heavy atom. The SMILES string of the molecule is O=C(c1nc(Br)cs1)C1CCOC1. The summed E-state index contributed by atoms with van der Waals surface area (Å²) in [5.41, 5.74) is 0. The minimum atomic E-state index is 0.0260. The Morgan fingerprint density at radius 3 is 3.15 bits per heavy atom. The molecule has 2 rings (SSSR count). The lowest BCUT2D eigenvalue weighted by atomic mass is 10.0. The van der Waals surface area contributed by atoms with E-state index in [1.54, 1.807) is 0 Å². The van der Waals surface area contributed by atoms with E-state index in [9.17, 15) is 4.79 Å². The van der Waals surface area contributed by atoms with Crippen LogP contribution in [-0.2, 0) is 4.74 Å². The van der Waals surface area contributed by atoms with Crippen LogP contribution in [0.1, 0.15) is 16.2 Å². The number of Topliss-reactive ketones (excluding diaryl/α,β-unsaturated/α-hetero) is 1. The average molecular weight is 262 g/mol. The second-order valence-electron chi connectivity index (χ2n) is 2.90. The van der Waals surface area contributed by atoms with Gasteiger partial charge in [0.15, 0.2) is 10.8 Å². The standard InChI is InChI=1S/C8H8BrNO2S/c9-6-4-13-8(10-6)7(11)5-1-2-12-3-5/h4-5H,1-3H2.